The number of nitrogens with zero attached hydrogens (tertiary/aromatic N) is 2. The van der Waals surface area contributed by atoms with Crippen LogP contribution in [0.25, 0.3) is 0 Å². The molecule has 1 aromatic heterocycles. The normalized spacial score (nSPS) is 10.5. The van der Waals surface area contributed by atoms with E-state index in [1.54, 1.807) is 32.5 Å². The van der Waals surface area contributed by atoms with Crippen molar-refractivity contribution in [3.05, 3.63) is 42.2 Å². The summed E-state index contributed by atoms with van der Waals surface area (Å²) in [5.74, 6) is 1.20. The van der Waals surface area contributed by atoms with Gasteiger partial charge in [-0.1, -0.05) is 0 Å². The fraction of sp³-hybridized carbons (Fsp3) is 0.368. The van der Waals surface area contributed by atoms with E-state index in [0.717, 1.165) is 24.3 Å². The zero-order valence-electron chi connectivity index (χ0n) is 15.7. The summed E-state index contributed by atoms with van der Waals surface area (Å²) < 4.78 is 10.6. The summed E-state index contributed by atoms with van der Waals surface area (Å²) in [6.45, 7) is 1.56. The topological polar surface area (TPSA) is 75.7 Å². The molecule has 1 amide bonds. The minimum atomic E-state index is -0.169. The molecule has 0 saturated carbocycles. The van der Waals surface area contributed by atoms with Gasteiger partial charge in [0.1, 0.15) is 17.2 Å². The number of rotatable bonds is 9. The molecule has 26 heavy (non-hydrogen) atoms. The molecule has 7 heteroatoms. The van der Waals surface area contributed by atoms with Crippen molar-refractivity contribution in [1.29, 1.82) is 0 Å². The third-order valence-corrected chi connectivity index (χ3v) is 3.75. The summed E-state index contributed by atoms with van der Waals surface area (Å²) in [7, 11) is 7.22. The lowest BCUT2D eigenvalue weighted by atomic mass is 10.2. The van der Waals surface area contributed by atoms with Crippen molar-refractivity contribution in [2.24, 2.45) is 0 Å². The molecule has 0 aliphatic heterocycles. The number of nitrogens with one attached hydrogen (secondary N) is 2. The highest BCUT2D eigenvalue weighted by atomic mass is 16.5. The van der Waals surface area contributed by atoms with Crippen LogP contribution in [0.15, 0.2) is 36.5 Å². The molecule has 0 aliphatic carbocycles. The molecule has 0 spiro atoms. The second-order valence-corrected chi connectivity index (χ2v) is 6.04. The number of hydrogen-bond acceptors (Lipinski definition) is 6. The Bertz CT molecular complexity index is 717. The summed E-state index contributed by atoms with van der Waals surface area (Å²) in [6.07, 6.45) is 2.52. The second-order valence-electron chi connectivity index (χ2n) is 6.04. The van der Waals surface area contributed by atoms with E-state index >= 15 is 0 Å². The van der Waals surface area contributed by atoms with Crippen LogP contribution in [-0.4, -0.2) is 57.2 Å². The van der Waals surface area contributed by atoms with E-state index in [1.165, 1.54) is 0 Å². The maximum Gasteiger partial charge on any atom is 0.269 e. The van der Waals surface area contributed by atoms with Gasteiger partial charge in [-0.2, -0.15) is 0 Å². The van der Waals surface area contributed by atoms with Crippen molar-refractivity contribution in [2.75, 3.05) is 46.7 Å². The van der Waals surface area contributed by atoms with Gasteiger partial charge in [0.15, 0.2) is 0 Å². The summed E-state index contributed by atoms with van der Waals surface area (Å²) >= 11 is 0. The van der Waals surface area contributed by atoms with Crippen LogP contribution in [0.1, 0.15) is 16.9 Å². The van der Waals surface area contributed by atoms with Gasteiger partial charge in [-0.3, -0.25) is 4.79 Å². The van der Waals surface area contributed by atoms with E-state index in [4.69, 9.17) is 9.47 Å². The lowest BCUT2D eigenvalue weighted by Gasteiger charge is -2.13. The fourth-order valence-corrected chi connectivity index (χ4v) is 2.35. The van der Waals surface area contributed by atoms with Gasteiger partial charge in [-0.05, 0) is 51.3 Å². The highest BCUT2D eigenvalue weighted by Crippen LogP contribution is 2.31. The maximum absolute atomic E-state index is 12.1. The minimum Gasteiger partial charge on any atom is -0.497 e. The van der Waals surface area contributed by atoms with Gasteiger partial charge in [0, 0.05) is 12.6 Å². The monoisotopic (exact) mass is 358 g/mol. The molecule has 0 atom stereocenters. The number of amides is 1. The molecule has 140 valence electrons. The van der Waals surface area contributed by atoms with Gasteiger partial charge >= 0.3 is 0 Å². The van der Waals surface area contributed by atoms with Crippen LogP contribution >= 0.6 is 0 Å². The second kappa shape index (κ2) is 9.62. The summed E-state index contributed by atoms with van der Waals surface area (Å²) in [5.41, 5.74) is 1.94. The zero-order chi connectivity index (χ0) is 18.9. The Morgan fingerprint density at radius 1 is 1.15 bits per heavy atom. The van der Waals surface area contributed by atoms with Crippen molar-refractivity contribution in [2.45, 2.75) is 6.42 Å². The molecular weight excluding hydrogens is 332 g/mol. The standard InChI is InChI=1S/C19H26N4O3/c1-23(2)11-5-10-20-19(24)17-8-6-14(13-21-17)22-16-9-7-15(25-3)12-18(16)26-4/h6-9,12-13,22H,5,10-11H2,1-4H3,(H,20,24). The number of pyridine rings is 1. The van der Waals surface area contributed by atoms with Crippen LogP contribution in [0.3, 0.4) is 0 Å². The molecule has 1 aromatic carbocycles. The predicted octanol–water partition coefficient (Wildman–Crippen LogP) is 2.52. The number of carbonyl (C=O) groups is 1. The molecule has 2 N–H and O–H groups in total. The van der Waals surface area contributed by atoms with Crippen molar-refractivity contribution >= 4 is 17.3 Å². The van der Waals surface area contributed by atoms with Gasteiger partial charge in [0.2, 0.25) is 0 Å². The van der Waals surface area contributed by atoms with Gasteiger partial charge in [-0.25, -0.2) is 4.98 Å². The highest BCUT2D eigenvalue weighted by molar-refractivity contribution is 5.92. The largest absolute Gasteiger partial charge is 0.497 e. The first-order valence-corrected chi connectivity index (χ1v) is 8.41. The molecule has 0 bridgehead atoms. The Hall–Kier alpha value is -2.80. The van der Waals surface area contributed by atoms with Crippen LogP contribution in [0.5, 0.6) is 11.5 Å². The van der Waals surface area contributed by atoms with Gasteiger partial charge in [-0.15, -0.1) is 0 Å². The highest BCUT2D eigenvalue weighted by Gasteiger charge is 2.08. The third-order valence-electron chi connectivity index (χ3n) is 3.75. The number of carbonyl (C=O) groups excluding carboxylic acids is 1. The first-order valence-electron chi connectivity index (χ1n) is 8.41. The molecule has 2 rings (SSSR count). The summed E-state index contributed by atoms with van der Waals surface area (Å²) in [6, 6.07) is 9.01. The molecule has 2 aromatic rings. The van der Waals surface area contributed by atoms with E-state index in [0.29, 0.717) is 23.7 Å². The van der Waals surface area contributed by atoms with E-state index in [9.17, 15) is 4.79 Å². The lowest BCUT2D eigenvalue weighted by Crippen LogP contribution is -2.27. The SMILES string of the molecule is COc1ccc(Nc2ccc(C(=O)NCCCN(C)C)nc2)c(OC)c1. The zero-order valence-corrected chi connectivity index (χ0v) is 15.7. The Kier molecular flexibility index (Phi) is 7.23. The van der Waals surface area contributed by atoms with Crippen molar-refractivity contribution < 1.29 is 14.3 Å². The van der Waals surface area contributed by atoms with Gasteiger partial charge in [0.25, 0.3) is 5.91 Å². The molecule has 0 saturated heterocycles. The quantitative estimate of drug-likeness (QED) is 0.671. The first-order chi connectivity index (χ1) is 12.5. The number of hydrogen-bond donors (Lipinski definition) is 2. The van der Waals surface area contributed by atoms with Crippen molar-refractivity contribution in [1.82, 2.24) is 15.2 Å². The summed E-state index contributed by atoms with van der Waals surface area (Å²) in [4.78, 5) is 18.4. The number of benzene rings is 1. The molecular formula is C19H26N4O3. The van der Waals surface area contributed by atoms with Crippen molar-refractivity contribution in [3.8, 4) is 11.5 Å². The van der Waals surface area contributed by atoms with E-state index in [-0.39, 0.29) is 5.91 Å². The molecule has 0 unspecified atom stereocenters. The van der Waals surface area contributed by atoms with E-state index in [2.05, 4.69) is 20.5 Å². The Balaban J connectivity index is 1.96. The number of anilines is 2. The van der Waals surface area contributed by atoms with Crippen molar-refractivity contribution in [3.63, 3.8) is 0 Å². The minimum absolute atomic E-state index is 0.169. The fourth-order valence-electron chi connectivity index (χ4n) is 2.35. The molecule has 0 radical (unpaired) electrons. The third kappa shape index (κ3) is 5.63. The van der Waals surface area contributed by atoms with Gasteiger partial charge < -0.3 is 25.0 Å². The molecule has 7 nitrogen and oxygen atoms in total. The van der Waals surface area contributed by atoms with Gasteiger partial charge in [0.05, 0.1) is 31.8 Å². The van der Waals surface area contributed by atoms with E-state index < -0.39 is 0 Å². The average molecular weight is 358 g/mol. The maximum atomic E-state index is 12.1. The number of methoxy groups -OCH3 is 2. The van der Waals surface area contributed by atoms with E-state index in [1.807, 2.05) is 32.3 Å². The molecule has 0 fully saturated rings. The average Bonchev–Trinajstić information content (AvgIpc) is 2.65. The predicted molar refractivity (Wildman–Crippen MR) is 103 cm³/mol. The first kappa shape index (κ1) is 19.5. The van der Waals surface area contributed by atoms with Crippen LogP contribution in [0.4, 0.5) is 11.4 Å². The molecule has 0 aliphatic rings. The Labute approximate surface area is 154 Å². The number of aromatic nitrogens is 1. The number of ether oxygens (including phenoxy) is 2. The van der Waals surface area contributed by atoms with Crippen LogP contribution in [-0.2, 0) is 0 Å². The molecule has 1 heterocycles. The summed E-state index contributed by atoms with van der Waals surface area (Å²) in [5, 5.41) is 6.10. The van der Waals surface area contributed by atoms with Crippen LogP contribution < -0.4 is 20.1 Å². The Morgan fingerprint density at radius 2 is 1.96 bits per heavy atom. The van der Waals surface area contributed by atoms with Crippen LogP contribution in [0.2, 0.25) is 0 Å². The smallest absolute Gasteiger partial charge is 0.269 e. The Morgan fingerprint density at radius 3 is 2.58 bits per heavy atom. The van der Waals surface area contributed by atoms with Crippen LogP contribution in [0, 0.1) is 0 Å². The lowest BCUT2D eigenvalue weighted by molar-refractivity contribution is 0.0947.